The number of nitrogens with zero attached hydrogens (tertiary/aromatic N) is 1. The molecule has 34 heavy (non-hydrogen) atoms. The number of rotatable bonds is 5. The highest BCUT2D eigenvalue weighted by Gasteiger charge is 2.62. The molecule has 3 aromatic carbocycles. The number of carbonyl (C=O) groups is 1. The van der Waals surface area contributed by atoms with Crippen LogP contribution in [0.4, 0.5) is 0 Å². The fraction of sp³-hybridized carbons (Fsp3) is 0.400. The third-order valence-corrected chi connectivity index (χ3v) is 7.49. The molecule has 0 N–H and O–H groups in total. The Kier molecular flexibility index (Phi) is 5.92. The van der Waals surface area contributed by atoms with E-state index >= 15 is 0 Å². The van der Waals surface area contributed by atoms with Gasteiger partial charge in [-0.25, -0.2) is 9.69 Å². The van der Waals surface area contributed by atoms with Crippen LogP contribution in [0.25, 0.3) is 21.5 Å². The summed E-state index contributed by atoms with van der Waals surface area (Å²) in [5, 5.41) is 3.97. The molecule has 0 spiro atoms. The molecule has 2 aliphatic heterocycles. The smallest absolute Gasteiger partial charge is 0.328 e. The minimum atomic E-state index is -1.74. The summed E-state index contributed by atoms with van der Waals surface area (Å²) in [6, 6.07) is 11.9. The normalized spacial score (nSPS) is 22.8. The van der Waals surface area contributed by atoms with E-state index in [0.29, 0.717) is 30.9 Å². The van der Waals surface area contributed by atoms with Gasteiger partial charge in [-0.1, -0.05) is 46.9 Å². The van der Waals surface area contributed by atoms with Gasteiger partial charge in [0, 0.05) is 13.0 Å². The van der Waals surface area contributed by atoms with E-state index in [4.69, 9.17) is 53.8 Å². The highest BCUT2D eigenvalue weighted by Crippen LogP contribution is 2.49. The van der Waals surface area contributed by atoms with E-state index in [9.17, 15) is 4.79 Å². The predicted molar refractivity (Wildman–Crippen MR) is 134 cm³/mol. The number of carbonyl (C=O) groups excluding carboxylic acids is 1. The summed E-state index contributed by atoms with van der Waals surface area (Å²) in [5.41, 5.74) is 0.0619. The summed E-state index contributed by atoms with van der Waals surface area (Å²) in [6.45, 7) is 0.612. The lowest BCUT2D eigenvalue weighted by atomic mass is 9.85. The number of hydrogen-bond acceptors (Lipinski definition) is 6. The van der Waals surface area contributed by atoms with Crippen LogP contribution < -0.4 is 14.2 Å². The Bertz CT molecular complexity index is 1290. The van der Waals surface area contributed by atoms with Gasteiger partial charge in [0.2, 0.25) is 10.0 Å². The maximum absolute atomic E-state index is 13.3. The van der Waals surface area contributed by atoms with Gasteiger partial charge in [0.1, 0.15) is 11.3 Å². The standard InChI is InChI=1S/C25H24Cl3NO5/c1-31-16-5-6-17-14(10-16)9-15(18-11-20(32-2)21(33-3)12-19(17)18)13-24-7-4-8-29(24)22(25(26,27)28)34-23(24)30/h5-6,9-12,22H,4,7-8,13H2,1-3H3/t22-,24-/m0/s1. The van der Waals surface area contributed by atoms with Gasteiger partial charge >= 0.3 is 5.97 Å². The van der Waals surface area contributed by atoms with E-state index in [2.05, 4.69) is 6.07 Å². The average molecular weight is 525 g/mol. The first-order valence-electron chi connectivity index (χ1n) is 10.9. The molecule has 0 amide bonds. The molecule has 9 heteroatoms. The zero-order chi connectivity index (χ0) is 24.3. The van der Waals surface area contributed by atoms with Crippen LogP contribution in [0.15, 0.2) is 36.4 Å². The Morgan fingerprint density at radius 2 is 1.71 bits per heavy atom. The number of hydrogen-bond donors (Lipinski definition) is 0. The number of benzene rings is 3. The Hall–Kier alpha value is -2.12. The Balaban J connectivity index is 1.73. The summed E-state index contributed by atoms with van der Waals surface area (Å²) < 4.78 is 20.5. The van der Waals surface area contributed by atoms with Crippen LogP contribution in [-0.4, -0.2) is 54.3 Å². The SMILES string of the molecule is COc1ccc2c(c1)cc(C[C@]13CCCN1[C@H](C(Cl)(Cl)Cl)OC3=O)c1cc(OC)c(OC)cc12. The van der Waals surface area contributed by atoms with Crippen LogP contribution in [0.3, 0.4) is 0 Å². The van der Waals surface area contributed by atoms with Crippen LogP contribution >= 0.6 is 34.8 Å². The van der Waals surface area contributed by atoms with Crippen molar-refractivity contribution in [1.82, 2.24) is 4.90 Å². The first-order chi connectivity index (χ1) is 16.2. The maximum Gasteiger partial charge on any atom is 0.328 e. The van der Waals surface area contributed by atoms with Crippen molar-refractivity contribution < 1.29 is 23.7 Å². The van der Waals surface area contributed by atoms with Crippen molar-refractivity contribution in [1.29, 1.82) is 0 Å². The van der Waals surface area contributed by atoms with Gasteiger partial charge in [-0.05, 0) is 64.2 Å². The van der Waals surface area contributed by atoms with Gasteiger partial charge < -0.3 is 18.9 Å². The van der Waals surface area contributed by atoms with Crippen molar-refractivity contribution in [3.8, 4) is 17.2 Å². The fourth-order valence-corrected chi connectivity index (χ4v) is 5.85. The topological polar surface area (TPSA) is 57.2 Å². The molecular weight excluding hydrogens is 501 g/mol. The average Bonchev–Trinajstić information content (AvgIpc) is 3.35. The van der Waals surface area contributed by atoms with Crippen LogP contribution in [0, 0.1) is 0 Å². The van der Waals surface area contributed by atoms with Gasteiger partial charge in [-0.15, -0.1) is 0 Å². The van der Waals surface area contributed by atoms with E-state index < -0.39 is 15.6 Å². The van der Waals surface area contributed by atoms with Gasteiger partial charge in [0.25, 0.3) is 0 Å². The van der Waals surface area contributed by atoms with E-state index in [-0.39, 0.29) is 5.97 Å². The van der Waals surface area contributed by atoms with Gasteiger partial charge in [0.15, 0.2) is 11.5 Å². The molecule has 2 aliphatic rings. The second-order valence-corrected chi connectivity index (χ2v) is 11.0. The monoisotopic (exact) mass is 523 g/mol. The van der Waals surface area contributed by atoms with Gasteiger partial charge in [-0.2, -0.15) is 0 Å². The Morgan fingerprint density at radius 3 is 2.35 bits per heavy atom. The molecule has 3 aromatic rings. The number of fused-ring (bicyclic) bond motifs is 4. The van der Waals surface area contributed by atoms with Crippen molar-refractivity contribution in [2.45, 2.75) is 34.8 Å². The van der Waals surface area contributed by atoms with Crippen molar-refractivity contribution in [2.75, 3.05) is 27.9 Å². The molecule has 180 valence electrons. The molecule has 2 saturated heterocycles. The molecule has 2 fully saturated rings. The zero-order valence-corrected chi connectivity index (χ0v) is 21.3. The third-order valence-electron chi connectivity index (χ3n) is 6.93. The van der Waals surface area contributed by atoms with Gasteiger partial charge in [-0.3, -0.25) is 0 Å². The summed E-state index contributed by atoms with van der Waals surface area (Å²) >= 11 is 18.6. The minimum absolute atomic E-state index is 0.360. The van der Waals surface area contributed by atoms with Crippen LogP contribution in [0.2, 0.25) is 0 Å². The largest absolute Gasteiger partial charge is 0.497 e. The number of halogens is 3. The number of ether oxygens (including phenoxy) is 4. The summed E-state index contributed by atoms with van der Waals surface area (Å²) in [4.78, 5) is 15.2. The fourth-order valence-electron chi connectivity index (χ4n) is 5.37. The van der Waals surface area contributed by atoms with E-state index in [1.54, 1.807) is 21.3 Å². The minimum Gasteiger partial charge on any atom is -0.497 e. The second kappa shape index (κ2) is 8.52. The lowest BCUT2D eigenvalue weighted by Gasteiger charge is -2.32. The van der Waals surface area contributed by atoms with E-state index in [1.165, 1.54) is 0 Å². The highest BCUT2D eigenvalue weighted by atomic mass is 35.6. The molecule has 0 aromatic heterocycles. The van der Waals surface area contributed by atoms with E-state index in [1.807, 2.05) is 35.2 Å². The highest BCUT2D eigenvalue weighted by molar-refractivity contribution is 6.68. The van der Waals surface area contributed by atoms with Crippen LogP contribution in [-0.2, 0) is 16.0 Å². The number of cyclic esters (lactones) is 1. The van der Waals surface area contributed by atoms with Crippen molar-refractivity contribution >= 4 is 62.3 Å². The number of methoxy groups -OCH3 is 3. The quantitative estimate of drug-likeness (QED) is 0.244. The molecule has 0 saturated carbocycles. The molecule has 0 aliphatic carbocycles. The molecule has 0 unspecified atom stereocenters. The molecule has 0 radical (unpaired) electrons. The van der Waals surface area contributed by atoms with Gasteiger partial charge in [0.05, 0.1) is 21.3 Å². The summed E-state index contributed by atoms with van der Waals surface area (Å²) in [7, 11) is 4.85. The first-order valence-corrected chi connectivity index (χ1v) is 12.0. The lowest BCUT2D eigenvalue weighted by Crippen LogP contribution is -2.50. The summed E-state index contributed by atoms with van der Waals surface area (Å²) in [5.74, 6) is 1.62. The Labute approximate surface area is 212 Å². The maximum atomic E-state index is 13.3. The summed E-state index contributed by atoms with van der Waals surface area (Å²) in [6.07, 6.45) is 0.910. The van der Waals surface area contributed by atoms with Crippen LogP contribution in [0.5, 0.6) is 17.2 Å². The van der Waals surface area contributed by atoms with Crippen molar-refractivity contribution in [2.24, 2.45) is 0 Å². The molecule has 6 nitrogen and oxygen atoms in total. The number of alkyl halides is 3. The third kappa shape index (κ3) is 3.63. The second-order valence-electron chi connectivity index (χ2n) is 8.68. The molecule has 5 rings (SSSR count). The zero-order valence-electron chi connectivity index (χ0n) is 19.0. The lowest BCUT2D eigenvalue weighted by molar-refractivity contribution is -0.145. The molecule has 2 atom stereocenters. The van der Waals surface area contributed by atoms with Crippen molar-refractivity contribution in [3.05, 3.63) is 42.0 Å². The molecule has 0 bridgehead atoms. The molecular formula is C25H24Cl3NO5. The Morgan fingerprint density at radius 1 is 1.00 bits per heavy atom. The first kappa shape index (κ1) is 23.6. The van der Waals surface area contributed by atoms with Crippen LogP contribution in [0.1, 0.15) is 18.4 Å². The van der Waals surface area contributed by atoms with Crippen molar-refractivity contribution in [3.63, 3.8) is 0 Å². The predicted octanol–water partition coefficient (Wildman–Crippen LogP) is 5.65. The molecule has 2 heterocycles. The van der Waals surface area contributed by atoms with E-state index in [0.717, 1.165) is 39.3 Å². The number of esters is 1.